The molecule has 1 atom stereocenters. The molecule has 1 aliphatic rings. The van der Waals surface area contributed by atoms with Crippen molar-refractivity contribution >= 4 is 23.2 Å². The van der Waals surface area contributed by atoms with Crippen LogP contribution >= 0.6 is 11.6 Å². The monoisotopic (exact) mass is 160 g/mol. The number of hydrogen-bond donors (Lipinski definition) is 1. The highest BCUT2D eigenvalue weighted by atomic mass is 35.5. The minimum atomic E-state index is -1.99. The van der Waals surface area contributed by atoms with E-state index in [1.165, 1.54) is 0 Å². The highest BCUT2D eigenvalue weighted by Crippen LogP contribution is 2.21. The second kappa shape index (κ2) is 2.18. The van der Waals surface area contributed by atoms with Gasteiger partial charge < -0.3 is 5.11 Å². The first-order valence-electron chi connectivity index (χ1n) is 2.69. The molecular weight excluding hydrogens is 156 g/mol. The summed E-state index contributed by atoms with van der Waals surface area (Å²) in [6.45, 7) is 0. The van der Waals surface area contributed by atoms with Crippen LogP contribution in [-0.4, -0.2) is 21.7 Å². The lowest BCUT2D eigenvalue weighted by Crippen LogP contribution is -2.35. The van der Waals surface area contributed by atoms with E-state index in [0.29, 0.717) is 0 Å². The zero-order chi connectivity index (χ0) is 7.78. The van der Waals surface area contributed by atoms with E-state index in [4.69, 9.17) is 16.7 Å². The smallest absolute Gasteiger partial charge is 0.209 e. The first-order valence-corrected chi connectivity index (χ1v) is 3.07. The van der Waals surface area contributed by atoms with E-state index >= 15 is 0 Å². The molecule has 0 saturated heterocycles. The summed E-state index contributed by atoms with van der Waals surface area (Å²) in [5.74, 6) is -0.967. The Bertz CT molecular complexity index is 217. The fourth-order valence-corrected chi connectivity index (χ4v) is 0.868. The predicted octanol–water partition coefficient (Wildman–Crippen LogP) is 0.0119. The van der Waals surface area contributed by atoms with Gasteiger partial charge in [0.15, 0.2) is 5.78 Å². The highest BCUT2D eigenvalue weighted by molar-refractivity contribution is 6.38. The second-order valence-corrected chi connectivity index (χ2v) is 2.73. The van der Waals surface area contributed by atoms with E-state index < -0.39 is 10.8 Å². The molecule has 0 amide bonds. The number of alkyl halides is 1. The van der Waals surface area contributed by atoms with Crippen LogP contribution in [0.1, 0.15) is 6.42 Å². The molecule has 1 aliphatic carbocycles. The van der Waals surface area contributed by atoms with Gasteiger partial charge in [0.05, 0.1) is 6.42 Å². The van der Waals surface area contributed by atoms with E-state index in [1.807, 2.05) is 0 Å². The van der Waals surface area contributed by atoms with Crippen LogP contribution in [0.25, 0.3) is 0 Å². The molecule has 0 aromatic carbocycles. The van der Waals surface area contributed by atoms with Crippen LogP contribution in [0.4, 0.5) is 0 Å². The third kappa shape index (κ3) is 1.25. The molecule has 0 radical (unpaired) electrons. The Balaban J connectivity index is 2.93. The molecule has 0 saturated carbocycles. The molecule has 0 bridgehead atoms. The molecule has 0 fully saturated rings. The fraction of sp³-hybridized carbons (Fsp3) is 0.333. The van der Waals surface area contributed by atoms with Crippen molar-refractivity contribution in [1.82, 2.24) is 0 Å². The minimum absolute atomic E-state index is 0.329. The standard InChI is InChI=1S/C6H5ClO3/c7-6(10)3-4(8)1-2-5(6)9/h1-2,10H,3H2. The van der Waals surface area contributed by atoms with Gasteiger partial charge in [-0.1, -0.05) is 11.6 Å². The first kappa shape index (κ1) is 7.44. The van der Waals surface area contributed by atoms with Gasteiger partial charge >= 0.3 is 0 Å². The Kier molecular flexibility index (Phi) is 1.62. The van der Waals surface area contributed by atoms with Crippen LogP contribution in [0, 0.1) is 0 Å². The number of hydrogen-bond acceptors (Lipinski definition) is 3. The number of ketones is 2. The van der Waals surface area contributed by atoms with E-state index in [9.17, 15) is 9.59 Å². The Morgan fingerprint density at radius 1 is 1.50 bits per heavy atom. The molecule has 3 nitrogen and oxygen atoms in total. The summed E-state index contributed by atoms with van der Waals surface area (Å²) in [6.07, 6.45) is 1.77. The van der Waals surface area contributed by atoms with Gasteiger partial charge in [0.25, 0.3) is 0 Å². The molecule has 4 heteroatoms. The number of carbonyl (C=O) groups excluding carboxylic acids is 2. The quantitative estimate of drug-likeness (QED) is 0.508. The SMILES string of the molecule is O=C1C=CC(=O)C(O)(Cl)C1. The van der Waals surface area contributed by atoms with Gasteiger partial charge in [-0.05, 0) is 12.2 Å². The van der Waals surface area contributed by atoms with Crippen molar-refractivity contribution < 1.29 is 14.7 Å². The molecule has 1 N–H and O–H groups in total. The summed E-state index contributed by atoms with van der Waals surface area (Å²) in [4.78, 5) is 21.2. The Labute approximate surface area is 62.3 Å². The molecule has 0 spiro atoms. The molecule has 1 unspecified atom stereocenters. The molecule has 0 aromatic rings. The largest absolute Gasteiger partial charge is 0.368 e. The zero-order valence-electron chi connectivity index (χ0n) is 5.00. The van der Waals surface area contributed by atoms with Crippen molar-refractivity contribution in [1.29, 1.82) is 0 Å². The van der Waals surface area contributed by atoms with Crippen molar-refractivity contribution in [2.45, 2.75) is 11.5 Å². The van der Waals surface area contributed by atoms with Gasteiger partial charge in [-0.25, -0.2) is 0 Å². The predicted molar refractivity (Wildman–Crippen MR) is 34.6 cm³/mol. The zero-order valence-corrected chi connectivity index (χ0v) is 5.76. The maximum Gasteiger partial charge on any atom is 0.209 e. The summed E-state index contributed by atoms with van der Waals surface area (Å²) in [5.41, 5.74) is 0. The molecule has 0 aromatic heterocycles. The van der Waals surface area contributed by atoms with E-state index in [0.717, 1.165) is 12.2 Å². The van der Waals surface area contributed by atoms with Gasteiger partial charge in [0, 0.05) is 0 Å². The third-order valence-corrected chi connectivity index (χ3v) is 1.53. The third-order valence-electron chi connectivity index (χ3n) is 1.21. The second-order valence-electron chi connectivity index (χ2n) is 2.10. The van der Waals surface area contributed by atoms with Gasteiger partial charge in [-0.2, -0.15) is 0 Å². The Hall–Kier alpha value is -0.670. The Morgan fingerprint density at radius 2 is 2.10 bits per heavy atom. The van der Waals surface area contributed by atoms with Crippen molar-refractivity contribution in [3.8, 4) is 0 Å². The van der Waals surface area contributed by atoms with Crippen LogP contribution in [0.3, 0.4) is 0 Å². The molecular formula is C6H5ClO3. The van der Waals surface area contributed by atoms with Gasteiger partial charge in [0.2, 0.25) is 10.8 Å². The van der Waals surface area contributed by atoms with Crippen molar-refractivity contribution in [2.75, 3.05) is 0 Å². The first-order chi connectivity index (χ1) is 4.52. The lowest BCUT2D eigenvalue weighted by atomic mass is 10.0. The number of allylic oxidation sites excluding steroid dienone is 1. The Morgan fingerprint density at radius 3 is 2.50 bits per heavy atom. The fourth-order valence-electron chi connectivity index (χ4n) is 0.673. The summed E-state index contributed by atoms with van der Waals surface area (Å²) >= 11 is 5.25. The van der Waals surface area contributed by atoms with Crippen molar-refractivity contribution in [3.63, 3.8) is 0 Å². The minimum Gasteiger partial charge on any atom is -0.368 e. The van der Waals surface area contributed by atoms with Crippen LogP contribution < -0.4 is 0 Å². The van der Waals surface area contributed by atoms with Gasteiger partial charge in [-0.3, -0.25) is 9.59 Å². The molecule has 0 aliphatic heterocycles. The van der Waals surface area contributed by atoms with Gasteiger partial charge in [-0.15, -0.1) is 0 Å². The average molecular weight is 161 g/mol. The lowest BCUT2D eigenvalue weighted by Gasteiger charge is -2.17. The van der Waals surface area contributed by atoms with E-state index in [2.05, 4.69) is 0 Å². The normalized spacial score (nSPS) is 33.0. The number of aliphatic hydroxyl groups is 1. The van der Waals surface area contributed by atoms with E-state index in [1.54, 1.807) is 0 Å². The molecule has 54 valence electrons. The van der Waals surface area contributed by atoms with Crippen molar-refractivity contribution in [2.24, 2.45) is 0 Å². The summed E-state index contributed by atoms with van der Waals surface area (Å²) in [7, 11) is 0. The van der Waals surface area contributed by atoms with Crippen LogP contribution in [0.5, 0.6) is 0 Å². The number of rotatable bonds is 0. The molecule has 10 heavy (non-hydrogen) atoms. The summed E-state index contributed by atoms with van der Waals surface area (Å²) in [6, 6.07) is 0. The van der Waals surface area contributed by atoms with Crippen LogP contribution in [0.2, 0.25) is 0 Å². The molecule has 1 rings (SSSR count). The lowest BCUT2D eigenvalue weighted by molar-refractivity contribution is -0.131. The topological polar surface area (TPSA) is 54.4 Å². The van der Waals surface area contributed by atoms with Crippen LogP contribution in [-0.2, 0) is 9.59 Å². The van der Waals surface area contributed by atoms with Crippen molar-refractivity contribution in [3.05, 3.63) is 12.2 Å². The maximum atomic E-state index is 10.6. The number of halogens is 1. The summed E-state index contributed by atoms with van der Waals surface area (Å²) in [5, 5.41) is 6.96. The van der Waals surface area contributed by atoms with E-state index in [-0.39, 0.29) is 12.2 Å². The average Bonchev–Trinajstić information content (AvgIpc) is 1.78. The highest BCUT2D eigenvalue weighted by Gasteiger charge is 2.36. The van der Waals surface area contributed by atoms with Crippen LogP contribution in [0.15, 0.2) is 12.2 Å². The molecule has 0 heterocycles. The number of carbonyl (C=O) groups is 2. The summed E-state index contributed by atoms with van der Waals surface area (Å²) < 4.78 is 0. The maximum absolute atomic E-state index is 10.6. The van der Waals surface area contributed by atoms with Gasteiger partial charge in [0.1, 0.15) is 0 Å².